The van der Waals surface area contributed by atoms with E-state index in [9.17, 15) is 0 Å². The quantitative estimate of drug-likeness (QED) is 0.655. The Hall–Kier alpha value is -1.48. The lowest BCUT2D eigenvalue weighted by Gasteiger charge is -2.22. The van der Waals surface area contributed by atoms with Crippen LogP contribution in [-0.4, -0.2) is 17.7 Å². The number of piperidine rings is 1. The highest BCUT2D eigenvalue weighted by molar-refractivity contribution is 5.86. The molecule has 4 rings (SSSR count). The molecule has 2 heterocycles. The Bertz CT molecular complexity index is 820. The van der Waals surface area contributed by atoms with Gasteiger partial charge in [-0.1, -0.05) is 42.5 Å². The molecule has 3 aromatic rings. The van der Waals surface area contributed by atoms with E-state index in [-0.39, 0.29) is 24.8 Å². The summed E-state index contributed by atoms with van der Waals surface area (Å²) in [6.07, 6.45) is 4.91. The van der Waals surface area contributed by atoms with Crippen LogP contribution >= 0.6 is 24.8 Å². The Balaban J connectivity index is 0.00000113. The highest BCUT2D eigenvalue weighted by atomic mass is 35.5. The van der Waals surface area contributed by atoms with Crippen LogP contribution in [0.25, 0.3) is 10.9 Å². The first kappa shape index (κ1) is 19.8. The Kier molecular flexibility index (Phi) is 6.95. The first-order valence-corrected chi connectivity index (χ1v) is 8.66. The molecule has 1 N–H and O–H groups in total. The van der Waals surface area contributed by atoms with Crippen molar-refractivity contribution in [3.8, 4) is 0 Å². The fourth-order valence-electron chi connectivity index (χ4n) is 3.84. The summed E-state index contributed by atoms with van der Waals surface area (Å²) in [7, 11) is 0. The summed E-state index contributed by atoms with van der Waals surface area (Å²) in [5, 5.41) is 4.92. The molecule has 0 aliphatic carbocycles. The second-order valence-corrected chi connectivity index (χ2v) is 6.68. The van der Waals surface area contributed by atoms with Gasteiger partial charge in [0, 0.05) is 23.6 Å². The van der Waals surface area contributed by atoms with E-state index in [1.165, 1.54) is 40.4 Å². The van der Waals surface area contributed by atoms with Gasteiger partial charge in [-0.15, -0.1) is 24.8 Å². The van der Waals surface area contributed by atoms with Crippen molar-refractivity contribution in [3.63, 3.8) is 0 Å². The van der Waals surface area contributed by atoms with Crippen LogP contribution < -0.4 is 5.32 Å². The maximum atomic E-state index is 3.48. The first-order valence-electron chi connectivity index (χ1n) is 8.66. The molecule has 1 fully saturated rings. The summed E-state index contributed by atoms with van der Waals surface area (Å²) < 4.78 is 2.44. The molecule has 0 radical (unpaired) electrons. The molecule has 1 aliphatic heterocycles. The largest absolute Gasteiger partial charge is 0.343 e. The van der Waals surface area contributed by atoms with Crippen LogP contribution in [0.4, 0.5) is 0 Å². The minimum Gasteiger partial charge on any atom is -0.343 e. The van der Waals surface area contributed by atoms with E-state index in [4.69, 9.17) is 0 Å². The Morgan fingerprint density at radius 3 is 2.40 bits per heavy atom. The third-order valence-electron chi connectivity index (χ3n) is 5.20. The molecule has 2 aromatic carbocycles. The molecule has 1 aliphatic rings. The van der Waals surface area contributed by atoms with Crippen LogP contribution in [0.5, 0.6) is 0 Å². The van der Waals surface area contributed by atoms with E-state index in [0.29, 0.717) is 5.92 Å². The van der Waals surface area contributed by atoms with Crippen LogP contribution in [0.15, 0.2) is 54.7 Å². The van der Waals surface area contributed by atoms with E-state index in [2.05, 4.69) is 71.5 Å². The Morgan fingerprint density at radius 1 is 0.960 bits per heavy atom. The topological polar surface area (TPSA) is 17.0 Å². The number of nitrogens with zero attached hydrogens (tertiary/aromatic N) is 1. The average molecular weight is 377 g/mol. The number of fused-ring (bicyclic) bond motifs is 1. The van der Waals surface area contributed by atoms with E-state index >= 15 is 0 Å². The van der Waals surface area contributed by atoms with Gasteiger partial charge in [-0.05, 0) is 61.5 Å². The summed E-state index contributed by atoms with van der Waals surface area (Å²) in [4.78, 5) is 0. The maximum Gasteiger partial charge on any atom is 0.0486 e. The molecule has 2 nitrogen and oxygen atoms in total. The molecule has 0 saturated carbocycles. The standard InChI is InChI=1S/C21H24N2.2ClH/c1-16-6-2-3-7-18(16)14-23-15-20(17-10-12-22-13-11-17)19-8-4-5-9-21(19)23;;/h2-9,15,17,22H,10-14H2,1H3;2*1H. The van der Waals surface area contributed by atoms with Crippen LogP contribution in [0, 0.1) is 6.92 Å². The monoisotopic (exact) mass is 376 g/mol. The van der Waals surface area contributed by atoms with Gasteiger partial charge in [0.25, 0.3) is 0 Å². The lowest BCUT2D eigenvalue weighted by Crippen LogP contribution is -2.26. The first-order chi connectivity index (χ1) is 11.3. The van der Waals surface area contributed by atoms with Crippen LogP contribution in [0.1, 0.15) is 35.4 Å². The number of aryl methyl sites for hydroxylation is 1. The van der Waals surface area contributed by atoms with Gasteiger partial charge in [-0.25, -0.2) is 0 Å². The van der Waals surface area contributed by atoms with E-state index in [1.807, 2.05) is 0 Å². The van der Waals surface area contributed by atoms with Gasteiger partial charge in [0.05, 0.1) is 0 Å². The Labute approximate surface area is 162 Å². The molecule has 4 heteroatoms. The summed E-state index contributed by atoms with van der Waals surface area (Å²) in [5.41, 5.74) is 5.68. The smallest absolute Gasteiger partial charge is 0.0486 e. The Morgan fingerprint density at radius 2 is 1.64 bits per heavy atom. The van der Waals surface area contributed by atoms with Crippen molar-refractivity contribution < 1.29 is 0 Å². The van der Waals surface area contributed by atoms with Crippen molar-refractivity contribution in [2.24, 2.45) is 0 Å². The summed E-state index contributed by atoms with van der Waals surface area (Å²) >= 11 is 0. The van der Waals surface area contributed by atoms with Crippen molar-refractivity contribution in [1.29, 1.82) is 0 Å². The number of hydrogen-bond donors (Lipinski definition) is 1. The lowest BCUT2D eigenvalue weighted by atomic mass is 9.90. The fourth-order valence-corrected chi connectivity index (χ4v) is 3.84. The molecule has 134 valence electrons. The second-order valence-electron chi connectivity index (χ2n) is 6.68. The zero-order valence-corrected chi connectivity index (χ0v) is 16.2. The number of rotatable bonds is 3. The third-order valence-corrected chi connectivity index (χ3v) is 5.20. The molecule has 1 aromatic heterocycles. The number of hydrogen-bond acceptors (Lipinski definition) is 1. The lowest BCUT2D eigenvalue weighted by molar-refractivity contribution is 0.461. The van der Waals surface area contributed by atoms with E-state index < -0.39 is 0 Å². The average Bonchev–Trinajstić information content (AvgIpc) is 2.97. The molecule has 0 spiro atoms. The minimum atomic E-state index is 0. The van der Waals surface area contributed by atoms with Gasteiger partial charge in [-0.2, -0.15) is 0 Å². The zero-order chi connectivity index (χ0) is 15.6. The third kappa shape index (κ3) is 4.03. The van der Waals surface area contributed by atoms with E-state index in [1.54, 1.807) is 0 Å². The summed E-state index contributed by atoms with van der Waals surface area (Å²) in [5.74, 6) is 0.694. The number of nitrogens with one attached hydrogen (secondary N) is 1. The minimum absolute atomic E-state index is 0. The van der Waals surface area contributed by atoms with Crippen LogP contribution in [0.2, 0.25) is 0 Å². The SMILES string of the molecule is Cc1ccccc1Cn1cc(C2CCNCC2)c2ccccc21.Cl.Cl. The van der Waals surface area contributed by atoms with Gasteiger partial charge in [-0.3, -0.25) is 0 Å². The molecule has 25 heavy (non-hydrogen) atoms. The van der Waals surface area contributed by atoms with Crippen molar-refractivity contribution in [2.75, 3.05) is 13.1 Å². The number of aromatic nitrogens is 1. The summed E-state index contributed by atoms with van der Waals surface area (Å²) in [6.45, 7) is 5.44. The molecule has 0 atom stereocenters. The molecule has 0 amide bonds. The van der Waals surface area contributed by atoms with Gasteiger partial charge in [0.15, 0.2) is 0 Å². The van der Waals surface area contributed by atoms with E-state index in [0.717, 1.165) is 19.6 Å². The number of benzene rings is 2. The van der Waals surface area contributed by atoms with Crippen LogP contribution in [0.3, 0.4) is 0 Å². The summed E-state index contributed by atoms with van der Waals surface area (Å²) in [6, 6.07) is 17.6. The van der Waals surface area contributed by atoms with Gasteiger partial charge < -0.3 is 9.88 Å². The predicted molar refractivity (Wildman–Crippen MR) is 112 cm³/mol. The van der Waals surface area contributed by atoms with Gasteiger partial charge >= 0.3 is 0 Å². The van der Waals surface area contributed by atoms with Gasteiger partial charge in [0.2, 0.25) is 0 Å². The molecule has 0 unspecified atom stereocenters. The molecular formula is C21H26Cl2N2. The van der Waals surface area contributed by atoms with Crippen molar-refractivity contribution in [1.82, 2.24) is 9.88 Å². The number of para-hydroxylation sites is 1. The van der Waals surface area contributed by atoms with Gasteiger partial charge in [0.1, 0.15) is 0 Å². The normalized spacial score (nSPS) is 14.8. The highest BCUT2D eigenvalue weighted by Crippen LogP contribution is 2.33. The maximum absolute atomic E-state index is 3.48. The molecule has 0 bridgehead atoms. The highest BCUT2D eigenvalue weighted by Gasteiger charge is 2.20. The van der Waals surface area contributed by atoms with Crippen molar-refractivity contribution >= 4 is 35.7 Å². The van der Waals surface area contributed by atoms with Crippen molar-refractivity contribution in [3.05, 3.63) is 71.4 Å². The zero-order valence-electron chi connectivity index (χ0n) is 14.6. The predicted octanol–water partition coefficient (Wildman–Crippen LogP) is 5.31. The number of halogens is 2. The molecule has 1 saturated heterocycles. The molecular weight excluding hydrogens is 351 g/mol. The van der Waals surface area contributed by atoms with Crippen LogP contribution in [-0.2, 0) is 6.54 Å². The second kappa shape index (κ2) is 8.75. The fraction of sp³-hybridized carbons (Fsp3) is 0.333. The van der Waals surface area contributed by atoms with Crippen molar-refractivity contribution in [2.45, 2.75) is 32.2 Å².